The molecule has 0 radical (unpaired) electrons. The van der Waals surface area contributed by atoms with Crippen LogP contribution in [0.2, 0.25) is 0 Å². The van der Waals surface area contributed by atoms with Crippen LogP contribution in [0, 0.1) is 6.92 Å². The first-order valence-electron chi connectivity index (χ1n) is 10.5. The van der Waals surface area contributed by atoms with Gasteiger partial charge in [-0.05, 0) is 37.5 Å². The monoisotopic (exact) mass is 415 g/mol. The zero-order chi connectivity index (χ0) is 20.3. The van der Waals surface area contributed by atoms with Crippen molar-refractivity contribution in [3.05, 3.63) is 72.1 Å². The third-order valence-electron chi connectivity index (χ3n) is 5.66. The number of para-hydroxylation sites is 1. The fraction of sp³-hybridized carbons (Fsp3) is 0.292. The first-order valence-corrected chi connectivity index (χ1v) is 11.3. The lowest BCUT2D eigenvalue weighted by Gasteiger charge is -2.33. The summed E-state index contributed by atoms with van der Waals surface area (Å²) in [6.07, 6.45) is 6.24. The van der Waals surface area contributed by atoms with Gasteiger partial charge >= 0.3 is 0 Å². The summed E-state index contributed by atoms with van der Waals surface area (Å²) in [6.45, 7) is 4.94. The Labute approximate surface area is 180 Å². The van der Waals surface area contributed by atoms with Crippen LogP contribution in [-0.4, -0.2) is 34.1 Å². The van der Waals surface area contributed by atoms with E-state index in [0.29, 0.717) is 6.04 Å². The number of fused-ring (bicyclic) bond motifs is 1. The number of anilines is 1. The Balaban J connectivity index is 1.21. The Morgan fingerprint density at radius 3 is 2.70 bits per heavy atom. The minimum absolute atomic E-state index is 0.446. The molecule has 0 aliphatic carbocycles. The molecule has 0 unspecified atom stereocenters. The minimum atomic E-state index is 0.446. The number of nitrogens with one attached hydrogen (secondary N) is 1. The summed E-state index contributed by atoms with van der Waals surface area (Å²) in [5, 5.41) is 4.83. The molecule has 6 heteroatoms. The summed E-state index contributed by atoms with van der Waals surface area (Å²) in [6, 6.07) is 17.1. The van der Waals surface area contributed by atoms with Gasteiger partial charge in [0.2, 0.25) is 0 Å². The van der Waals surface area contributed by atoms with Gasteiger partial charge in [0.1, 0.15) is 0 Å². The molecule has 1 fully saturated rings. The van der Waals surface area contributed by atoms with E-state index in [1.807, 2.05) is 24.5 Å². The standard InChI is InChI=1S/C24H25N5S/c1-17-7-2-3-9-20(17)23-26-14-18(15-27-23)13-25-19-8-6-12-29(16-19)24-28-21-10-4-5-11-22(21)30-24/h2-5,7,9-11,14-15,19,25H,6,8,12-13,16H2,1H3/t19-/m0/s1. The van der Waals surface area contributed by atoms with E-state index in [0.717, 1.165) is 47.2 Å². The van der Waals surface area contributed by atoms with Gasteiger partial charge in [0, 0.05) is 49.2 Å². The van der Waals surface area contributed by atoms with E-state index in [1.165, 1.54) is 23.1 Å². The van der Waals surface area contributed by atoms with Gasteiger partial charge < -0.3 is 10.2 Å². The fourth-order valence-electron chi connectivity index (χ4n) is 3.98. The Morgan fingerprint density at radius 2 is 1.87 bits per heavy atom. The second-order valence-corrected chi connectivity index (χ2v) is 8.87. The normalized spacial score (nSPS) is 16.8. The molecule has 1 aliphatic heterocycles. The van der Waals surface area contributed by atoms with Crippen molar-refractivity contribution in [3.63, 3.8) is 0 Å². The molecule has 152 valence electrons. The van der Waals surface area contributed by atoms with Crippen molar-refractivity contribution in [2.75, 3.05) is 18.0 Å². The van der Waals surface area contributed by atoms with E-state index in [2.05, 4.69) is 63.5 Å². The van der Waals surface area contributed by atoms with Crippen molar-refractivity contribution in [1.82, 2.24) is 20.3 Å². The highest BCUT2D eigenvalue weighted by Gasteiger charge is 2.22. The van der Waals surface area contributed by atoms with Crippen molar-refractivity contribution in [3.8, 4) is 11.4 Å². The molecular weight excluding hydrogens is 390 g/mol. The van der Waals surface area contributed by atoms with E-state index < -0.39 is 0 Å². The van der Waals surface area contributed by atoms with E-state index in [9.17, 15) is 0 Å². The molecule has 5 rings (SSSR count). The van der Waals surface area contributed by atoms with Crippen molar-refractivity contribution in [1.29, 1.82) is 0 Å². The predicted octanol–water partition coefficient (Wildman–Crippen LogP) is 4.82. The number of hydrogen-bond donors (Lipinski definition) is 1. The van der Waals surface area contributed by atoms with Crippen LogP contribution in [0.1, 0.15) is 24.0 Å². The summed E-state index contributed by atoms with van der Waals surface area (Å²) < 4.78 is 1.26. The largest absolute Gasteiger partial charge is 0.347 e. The Bertz CT molecular complexity index is 1100. The fourth-order valence-corrected chi connectivity index (χ4v) is 4.98. The zero-order valence-corrected chi connectivity index (χ0v) is 17.9. The quantitative estimate of drug-likeness (QED) is 0.506. The van der Waals surface area contributed by atoms with Crippen LogP contribution in [0.4, 0.5) is 5.13 Å². The highest BCUT2D eigenvalue weighted by atomic mass is 32.1. The third kappa shape index (κ3) is 4.06. The summed E-state index contributed by atoms with van der Waals surface area (Å²) in [5.74, 6) is 0.788. The molecular formula is C24H25N5S. The topological polar surface area (TPSA) is 53.9 Å². The van der Waals surface area contributed by atoms with Gasteiger partial charge in [-0.2, -0.15) is 0 Å². The van der Waals surface area contributed by atoms with Crippen LogP contribution in [0.3, 0.4) is 0 Å². The smallest absolute Gasteiger partial charge is 0.186 e. The number of aromatic nitrogens is 3. The molecule has 1 atom stereocenters. The molecule has 0 saturated carbocycles. The second kappa shape index (κ2) is 8.50. The number of piperidine rings is 1. The molecule has 3 heterocycles. The Hall–Kier alpha value is -2.83. The van der Waals surface area contributed by atoms with E-state index in [-0.39, 0.29) is 0 Å². The molecule has 2 aromatic carbocycles. The van der Waals surface area contributed by atoms with Crippen LogP contribution >= 0.6 is 11.3 Å². The SMILES string of the molecule is Cc1ccccc1-c1ncc(CN[C@H]2CCCN(c3nc4ccccc4s3)C2)cn1. The van der Waals surface area contributed by atoms with Crippen LogP contribution < -0.4 is 10.2 Å². The van der Waals surface area contributed by atoms with Crippen molar-refractivity contribution >= 4 is 26.7 Å². The van der Waals surface area contributed by atoms with Gasteiger partial charge in [0.05, 0.1) is 10.2 Å². The first-order chi connectivity index (χ1) is 14.8. The molecule has 0 bridgehead atoms. The average molecular weight is 416 g/mol. The molecule has 4 aromatic rings. The molecule has 1 saturated heterocycles. The third-order valence-corrected chi connectivity index (χ3v) is 6.76. The molecule has 5 nitrogen and oxygen atoms in total. The van der Waals surface area contributed by atoms with Gasteiger partial charge in [0.15, 0.2) is 11.0 Å². The number of aryl methyl sites for hydroxylation is 1. The van der Waals surface area contributed by atoms with E-state index in [4.69, 9.17) is 4.98 Å². The van der Waals surface area contributed by atoms with Crippen molar-refractivity contribution in [2.45, 2.75) is 32.4 Å². The summed E-state index contributed by atoms with van der Waals surface area (Å²) in [5.41, 5.74) is 4.50. The van der Waals surface area contributed by atoms with Crippen LogP contribution in [0.15, 0.2) is 60.9 Å². The lowest BCUT2D eigenvalue weighted by Crippen LogP contribution is -2.45. The predicted molar refractivity (Wildman–Crippen MR) is 124 cm³/mol. The maximum atomic E-state index is 4.83. The highest BCUT2D eigenvalue weighted by Crippen LogP contribution is 2.30. The van der Waals surface area contributed by atoms with Gasteiger partial charge in [0.25, 0.3) is 0 Å². The Kier molecular flexibility index (Phi) is 5.43. The number of thiazole rings is 1. The lowest BCUT2D eigenvalue weighted by molar-refractivity contribution is 0.421. The van der Waals surface area contributed by atoms with E-state index >= 15 is 0 Å². The maximum absolute atomic E-state index is 4.83. The molecule has 1 aliphatic rings. The summed E-state index contributed by atoms with van der Waals surface area (Å²) in [7, 11) is 0. The van der Waals surface area contributed by atoms with Crippen LogP contribution in [0.5, 0.6) is 0 Å². The summed E-state index contributed by atoms with van der Waals surface area (Å²) >= 11 is 1.79. The number of benzene rings is 2. The van der Waals surface area contributed by atoms with Crippen LogP contribution in [0.25, 0.3) is 21.6 Å². The summed E-state index contributed by atoms with van der Waals surface area (Å²) in [4.78, 5) is 16.4. The maximum Gasteiger partial charge on any atom is 0.186 e. The molecule has 2 aromatic heterocycles. The Morgan fingerprint density at radius 1 is 1.07 bits per heavy atom. The van der Waals surface area contributed by atoms with Crippen molar-refractivity contribution in [2.24, 2.45) is 0 Å². The molecule has 0 spiro atoms. The van der Waals surface area contributed by atoms with Gasteiger partial charge in [-0.3, -0.25) is 0 Å². The molecule has 0 amide bonds. The number of nitrogens with zero attached hydrogens (tertiary/aromatic N) is 4. The van der Waals surface area contributed by atoms with Gasteiger partial charge in [-0.1, -0.05) is 47.7 Å². The second-order valence-electron chi connectivity index (χ2n) is 7.86. The molecule has 30 heavy (non-hydrogen) atoms. The van der Waals surface area contributed by atoms with Gasteiger partial charge in [-0.15, -0.1) is 0 Å². The van der Waals surface area contributed by atoms with E-state index in [1.54, 1.807) is 11.3 Å². The van der Waals surface area contributed by atoms with Crippen LogP contribution in [-0.2, 0) is 6.54 Å². The highest BCUT2D eigenvalue weighted by molar-refractivity contribution is 7.22. The average Bonchev–Trinajstić information content (AvgIpc) is 3.23. The minimum Gasteiger partial charge on any atom is -0.347 e. The molecule has 1 N–H and O–H groups in total. The van der Waals surface area contributed by atoms with Gasteiger partial charge in [-0.25, -0.2) is 15.0 Å². The lowest BCUT2D eigenvalue weighted by atomic mass is 10.1. The zero-order valence-electron chi connectivity index (χ0n) is 17.1. The number of hydrogen-bond acceptors (Lipinski definition) is 6. The first kappa shape index (κ1) is 19.2. The van der Waals surface area contributed by atoms with Crippen molar-refractivity contribution < 1.29 is 0 Å². The number of rotatable bonds is 5.